The lowest BCUT2D eigenvalue weighted by Gasteiger charge is -2.10. The van der Waals surface area contributed by atoms with Gasteiger partial charge in [0.25, 0.3) is 0 Å². The van der Waals surface area contributed by atoms with E-state index in [1.54, 1.807) is 0 Å². The lowest BCUT2D eigenvalue weighted by molar-refractivity contribution is -0.140. The van der Waals surface area contributed by atoms with Gasteiger partial charge in [0.1, 0.15) is 0 Å². The number of ether oxygens (including phenoxy) is 1. The summed E-state index contributed by atoms with van der Waals surface area (Å²) >= 11 is 0. The predicted octanol–water partition coefficient (Wildman–Crippen LogP) is 3.76. The summed E-state index contributed by atoms with van der Waals surface area (Å²) in [4.78, 5) is 15.1. The van der Waals surface area contributed by atoms with E-state index in [0.29, 0.717) is 12.6 Å². The van der Waals surface area contributed by atoms with Crippen molar-refractivity contribution in [2.45, 2.75) is 71.8 Å². The van der Waals surface area contributed by atoms with Gasteiger partial charge in [-0.05, 0) is 12.8 Å². The largest absolute Gasteiger partial charge is 0.465 e. The summed E-state index contributed by atoms with van der Waals surface area (Å²) in [5.74, 6) is -0.216. The molecule has 1 unspecified atom stereocenters. The van der Waals surface area contributed by atoms with Gasteiger partial charge in [0.2, 0.25) is 0 Å². The average molecular weight is 241 g/mol. The molecule has 3 nitrogen and oxygen atoms in total. The van der Waals surface area contributed by atoms with Gasteiger partial charge in [-0.2, -0.15) is 0 Å². The summed E-state index contributed by atoms with van der Waals surface area (Å²) in [7, 11) is 0. The summed E-state index contributed by atoms with van der Waals surface area (Å²) in [5, 5.41) is 0. The second kappa shape index (κ2) is 11.6. The Balaban J connectivity index is 3.72. The maximum Gasteiger partial charge on any atom is 0.302 e. The average Bonchev–Trinajstić information content (AvgIpc) is 2.28. The Morgan fingerprint density at radius 3 is 2.59 bits per heavy atom. The van der Waals surface area contributed by atoms with Gasteiger partial charge in [-0.3, -0.25) is 9.79 Å². The summed E-state index contributed by atoms with van der Waals surface area (Å²) in [5.41, 5.74) is 0. The molecule has 0 radical (unpaired) electrons. The molecule has 1 atom stereocenters. The second-order valence-corrected chi connectivity index (χ2v) is 4.40. The Labute approximate surface area is 106 Å². The van der Waals surface area contributed by atoms with Crippen LogP contribution in [0.5, 0.6) is 0 Å². The first-order chi connectivity index (χ1) is 8.20. The third kappa shape index (κ3) is 11.4. The molecule has 0 saturated carbocycles. The highest BCUT2D eigenvalue weighted by Crippen LogP contribution is 2.11. The number of carbonyl (C=O) groups excluding carboxylic acids is 1. The van der Waals surface area contributed by atoms with Gasteiger partial charge < -0.3 is 4.74 Å². The van der Waals surface area contributed by atoms with Crippen molar-refractivity contribution >= 4 is 12.2 Å². The molecule has 0 fully saturated rings. The van der Waals surface area contributed by atoms with Gasteiger partial charge in [0.15, 0.2) is 0 Å². The molecule has 0 N–H and O–H groups in total. The van der Waals surface area contributed by atoms with Crippen LogP contribution in [-0.2, 0) is 9.53 Å². The van der Waals surface area contributed by atoms with Gasteiger partial charge in [0, 0.05) is 25.6 Å². The molecule has 0 aliphatic carbocycles. The number of hydrogen-bond acceptors (Lipinski definition) is 3. The molecule has 0 amide bonds. The van der Waals surface area contributed by atoms with Crippen molar-refractivity contribution in [1.82, 2.24) is 0 Å². The van der Waals surface area contributed by atoms with Gasteiger partial charge in [-0.15, -0.1) is 0 Å². The molecular weight excluding hydrogens is 214 g/mol. The minimum Gasteiger partial charge on any atom is -0.465 e. The van der Waals surface area contributed by atoms with E-state index in [0.717, 1.165) is 12.8 Å². The van der Waals surface area contributed by atoms with Crippen molar-refractivity contribution in [2.75, 3.05) is 6.61 Å². The van der Waals surface area contributed by atoms with Crippen LogP contribution in [0.25, 0.3) is 0 Å². The molecule has 0 aromatic rings. The molecule has 0 heterocycles. The summed E-state index contributed by atoms with van der Waals surface area (Å²) in [6, 6.07) is 0.462. The van der Waals surface area contributed by atoms with Gasteiger partial charge in [-0.1, -0.05) is 39.5 Å². The van der Waals surface area contributed by atoms with Crippen molar-refractivity contribution < 1.29 is 9.53 Å². The summed E-state index contributed by atoms with van der Waals surface area (Å²) in [6.07, 6.45) is 9.99. The fraction of sp³-hybridized carbons (Fsp3) is 0.857. The second-order valence-electron chi connectivity index (χ2n) is 4.40. The van der Waals surface area contributed by atoms with Crippen LogP contribution in [0.15, 0.2) is 4.99 Å². The Morgan fingerprint density at radius 1 is 1.24 bits per heavy atom. The zero-order valence-corrected chi connectivity index (χ0v) is 11.6. The van der Waals surface area contributed by atoms with Crippen molar-refractivity contribution in [3.8, 4) is 0 Å². The number of unbranched alkanes of at least 4 members (excludes halogenated alkanes) is 2. The van der Waals surface area contributed by atoms with E-state index in [4.69, 9.17) is 4.74 Å². The fourth-order valence-corrected chi connectivity index (χ4v) is 1.74. The number of nitrogens with zero attached hydrogens (tertiary/aromatic N) is 1. The van der Waals surface area contributed by atoms with Gasteiger partial charge >= 0.3 is 5.97 Å². The quantitative estimate of drug-likeness (QED) is 0.332. The van der Waals surface area contributed by atoms with Crippen LogP contribution >= 0.6 is 0 Å². The lowest BCUT2D eigenvalue weighted by Crippen LogP contribution is -2.06. The predicted molar refractivity (Wildman–Crippen MR) is 72.6 cm³/mol. The molecule has 0 aliphatic rings. The van der Waals surface area contributed by atoms with Crippen LogP contribution in [0, 0.1) is 0 Å². The van der Waals surface area contributed by atoms with E-state index in [1.165, 1.54) is 39.0 Å². The number of rotatable bonds is 10. The summed E-state index contributed by atoms with van der Waals surface area (Å²) in [6.45, 7) is 6.30. The van der Waals surface area contributed by atoms with E-state index in [9.17, 15) is 4.79 Å². The third-order valence-corrected chi connectivity index (χ3v) is 2.63. The Hall–Kier alpha value is -0.860. The maximum absolute atomic E-state index is 10.6. The molecule has 0 rings (SSSR count). The van der Waals surface area contributed by atoms with E-state index < -0.39 is 0 Å². The highest BCUT2D eigenvalue weighted by atomic mass is 16.5. The molecule has 0 aromatic heterocycles. The molecule has 0 bridgehead atoms. The van der Waals surface area contributed by atoms with Crippen LogP contribution < -0.4 is 0 Å². The summed E-state index contributed by atoms with van der Waals surface area (Å²) < 4.78 is 4.85. The first kappa shape index (κ1) is 16.1. The standard InChI is InChI=1S/C14H27NO2/c1-4-6-7-10-14(9-5-2)15-11-8-12-17-13(3)16/h11,14H,4-10,12H2,1-3H3. The first-order valence-electron chi connectivity index (χ1n) is 6.85. The van der Waals surface area contributed by atoms with Crippen molar-refractivity contribution in [2.24, 2.45) is 4.99 Å². The SMILES string of the molecule is CCCCCC(CCC)N=CCCOC(C)=O. The molecule has 0 aliphatic heterocycles. The number of hydrogen-bond donors (Lipinski definition) is 0. The van der Waals surface area contributed by atoms with E-state index in [-0.39, 0.29) is 5.97 Å². The minimum atomic E-state index is -0.216. The monoisotopic (exact) mass is 241 g/mol. The van der Waals surface area contributed by atoms with Gasteiger partial charge in [0.05, 0.1) is 6.61 Å². The van der Waals surface area contributed by atoms with Crippen LogP contribution in [0.4, 0.5) is 0 Å². The fourth-order valence-electron chi connectivity index (χ4n) is 1.74. The number of aliphatic imine (C=N–C) groups is 1. The topological polar surface area (TPSA) is 38.7 Å². The molecular formula is C14H27NO2. The zero-order chi connectivity index (χ0) is 12.9. The van der Waals surface area contributed by atoms with Crippen LogP contribution in [-0.4, -0.2) is 24.8 Å². The molecule has 0 aromatic carbocycles. The van der Waals surface area contributed by atoms with Crippen LogP contribution in [0.3, 0.4) is 0 Å². The Bertz CT molecular complexity index is 214. The Morgan fingerprint density at radius 2 is 2.00 bits per heavy atom. The highest BCUT2D eigenvalue weighted by molar-refractivity contribution is 5.66. The number of esters is 1. The van der Waals surface area contributed by atoms with Crippen molar-refractivity contribution in [3.63, 3.8) is 0 Å². The minimum absolute atomic E-state index is 0.216. The van der Waals surface area contributed by atoms with Crippen molar-refractivity contribution in [1.29, 1.82) is 0 Å². The van der Waals surface area contributed by atoms with Gasteiger partial charge in [-0.25, -0.2) is 0 Å². The molecule has 17 heavy (non-hydrogen) atoms. The van der Waals surface area contributed by atoms with E-state index >= 15 is 0 Å². The molecule has 100 valence electrons. The Kier molecular flexibility index (Phi) is 11.0. The molecule has 3 heteroatoms. The molecule has 0 saturated heterocycles. The maximum atomic E-state index is 10.6. The smallest absolute Gasteiger partial charge is 0.302 e. The normalized spacial score (nSPS) is 12.9. The highest BCUT2D eigenvalue weighted by Gasteiger charge is 2.03. The van der Waals surface area contributed by atoms with Crippen LogP contribution in [0.1, 0.15) is 65.7 Å². The first-order valence-corrected chi connectivity index (χ1v) is 6.85. The number of carbonyl (C=O) groups is 1. The van der Waals surface area contributed by atoms with E-state index in [1.807, 2.05) is 6.21 Å². The van der Waals surface area contributed by atoms with E-state index in [2.05, 4.69) is 18.8 Å². The molecule has 0 spiro atoms. The van der Waals surface area contributed by atoms with Crippen molar-refractivity contribution in [3.05, 3.63) is 0 Å². The lowest BCUT2D eigenvalue weighted by atomic mass is 10.0. The third-order valence-electron chi connectivity index (χ3n) is 2.63. The zero-order valence-electron chi connectivity index (χ0n) is 11.6. The van der Waals surface area contributed by atoms with Crippen LogP contribution in [0.2, 0.25) is 0 Å².